The molecule has 0 spiro atoms. The summed E-state index contributed by atoms with van der Waals surface area (Å²) in [7, 11) is 3.51. The summed E-state index contributed by atoms with van der Waals surface area (Å²) < 4.78 is 0. The Morgan fingerprint density at radius 2 is 1.79 bits per heavy atom. The Balaban J connectivity index is 2.42. The van der Waals surface area contributed by atoms with Gasteiger partial charge in [0.2, 0.25) is 0 Å². The highest BCUT2D eigenvalue weighted by atomic mass is 16.2. The Morgan fingerprint density at radius 3 is 2.21 bits per heavy atom. The number of carbonyl (C=O) groups is 3. The van der Waals surface area contributed by atoms with Gasteiger partial charge in [0.25, 0.3) is 17.7 Å². The summed E-state index contributed by atoms with van der Waals surface area (Å²) in [6, 6.07) is 8.20. The summed E-state index contributed by atoms with van der Waals surface area (Å²) in [5.41, 5.74) is 5.75. The maximum absolute atomic E-state index is 12.4. The Morgan fingerprint density at radius 1 is 1.25 bits per heavy atom. The molecule has 7 heteroatoms. The smallest absolute Gasteiger partial charge is 0.261 e. The van der Waals surface area contributed by atoms with Gasteiger partial charge in [-0.15, -0.1) is 0 Å². The maximum Gasteiger partial charge on any atom is 0.261 e. The highest BCUT2D eigenvalue weighted by molar-refractivity contribution is 6.21. The van der Waals surface area contributed by atoms with Crippen molar-refractivity contribution in [2.24, 2.45) is 5.73 Å². The van der Waals surface area contributed by atoms with Crippen LogP contribution in [0.2, 0.25) is 0 Å². The Kier molecular flexibility index (Phi) is 4.80. The number of nitrogens with zero attached hydrogens (tertiary/aromatic N) is 3. The second-order valence-corrected chi connectivity index (χ2v) is 5.40. The van der Waals surface area contributed by atoms with Gasteiger partial charge in [0.1, 0.15) is 11.6 Å². The Labute approximate surface area is 139 Å². The van der Waals surface area contributed by atoms with E-state index in [1.54, 1.807) is 55.5 Å². The predicted molar refractivity (Wildman–Crippen MR) is 86.5 cm³/mol. The van der Waals surface area contributed by atoms with Crippen LogP contribution in [0.15, 0.2) is 47.7 Å². The fourth-order valence-electron chi connectivity index (χ4n) is 2.29. The summed E-state index contributed by atoms with van der Waals surface area (Å²) in [4.78, 5) is 39.0. The predicted octanol–water partition coefficient (Wildman–Crippen LogP) is 0.663. The van der Waals surface area contributed by atoms with Gasteiger partial charge in [-0.2, -0.15) is 5.26 Å². The number of hydrogen-bond donors (Lipinski definition) is 1. The molecule has 0 saturated heterocycles. The van der Waals surface area contributed by atoms with Gasteiger partial charge in [-0.1, -0.05) is 12.1 Å². The van der Waals surface area contributed by atoms with Crippen molar-refractivity contribution < 1.29 is 14.4 Å². The molecule has 1 aliphatic rings. The molecule has 0 radical (unpaired) electrons. The molecule has 0 aromatic heterocycles. The van der Waals surface area contributed by atoms with Gasteiger partial charge in [-0.25, -0.2) is 0 Å². The van der Waals surface area contributed by atoms with E-state index in [1.807, 2.05) is 0 Å². The zero-order valence-electron chi connectivity index (χ0n) is 13.3. The number of nitrogens with two attached hydrogens (primary N) is 1. The lowest BCUT2D eigenvalue weighted by Gasteiger charge is -2.16. The molecule has 2 rings (SSSR count). The average Bonchev–Trinajstić information content (AvgIpc) is 2.78. The molecule has 0 aliphatic carbocycles. The van der Waals surface area contributed by atoms with Crippen molar-refractivity contribution in [3.05, 3.63) is 58.8 Å². The van der Waals surface area contributed by atoms with Crippen molar-refractivity contribution in [1.82, 2.24) is 9.80 Å². The van der Waals surface area contributed by atoms with E-state index in [0.717, 1.165) is 4.90 Å². The van der Waals surface area contributed by atoms with E-state index in [0.29, 0.717) is 11.1 Å². The SMILES string of the molecule is CN(C)C=C/C(CN1C(=O)c2ccccc2C1=O)=C(/C#N)C(N)=O. The van der Waals surface area contributed by atoms with E-state index in [4.69, 9.17) is 11.0 Å². The van der Waals surface area contributed by atoms with E-state index in [2.05, 4.69) is 0 Å². The number of rotatable bonds is 5. The highest BCUT2D eigenvalue weighted by Crippen LogP contribution is 2.24. The monoisotopic (exact) mass is 324 g/mol. The molecule has 7 nitrogen and oxygen atoms in total. The summed E-state index contributed by atoms with van der Waals surface area (Å²) in [6.07, 6.45) is 3.10. The van der Waals surface area contributed by atoms with E-state index in [9.17, 15) is 14.4 Å². The lowest BCUT2D eigenvalue weighted by atomic mass is 10.1. The molecular weight excluding hydrogens is 308 g/mol. The van der Waals surface area contributed by atoms with E-state index in [1.165, 1.54) is 6.08 Å². The molecule has 1 aromatic carbocycles. The average molecular weight is 324 g/mol. The summed E-state index contributed by atoms with van der Waals surface area (Å²) in [6.45, 7) is -0.206. The Hall–Kier alpha value is -3.40. The van der Waals surface area contributed by atoms with Gasteiger partial charge in [0, 0.05) is 14.1 Å². The number of nitriles is 1. The first-order chi connectivity index (χ1) is 11.4. The number of imide groups is 1. The number of carbonyl (C=O) groups excluding carboxylic acids is 3. The van der Waals surface area contributed by atoms with Gasteiger partial charge >= 0.3 is 0 Å². The molecule has 1 aliphatic heterocycles. The summed E-state index contributed by atoms with van der Waals surface area (Å²) >= 11 is 0. The van der Waals surface area contributed by atoms with Crippen LogP contribution in [0.4, 0.5) is 0 Å². The minimum Gasteiger partial charge on any atom is -0.383 e. The van der Waals surface area contributed by atoms with Crippen molar-refractivity contribution >= 4 is 17.7 Å². The number of benzene rings is 1. The van der Waals surface area contributed by atoms with Crippen molar-refractivity contribution in [2.75, 3.05) is 20.6 Å². The molecule has 1 aromatic rings. The molecule has 0 fully saturated rings. The van der Waals surface area contributed by atoms with Crippen LogP contribution in [-0.4, -0.2) is 48.2 Å². The van der Waals surface area contributed by atoms with E-state index in [-0.39, 0.29) is 17.7 Å². The number of primary amides is 1. The fourth-order valence-corrected chi connectivity index (χ4v) is 2.29. The molecule has 3 amide bonds. The minimum atomic E-state index is -0.910. The van der Waals surface area contributed by atoms with Gasteiger partial charge in [-0.05, 0) is 30.0 Å². The van der Waals surface area contributed by atoms with Crippen LogP contribution in [0, 0.1) is 11.3 Å². The largest absolute Gasteiger partial charge is 0.383 e. The molecule has 0 unspecified atom stereocenters. The van der Waals surface area contributed by atoms with Crippen LogP contribution >= 0.6 is 0 Å². The van der Waals surface area contributed by atoms with Crippen LogP contribution in [0.1, 0.15) is 20.7 Å². The molecular formula is C17H16N4O3. The van der Waals surface area contributed by atoms with Crippen molar-refractivity contribution in [3.63, 3.8) is 0 Å². The normalized spacial score (nSPS) is 14.5. The summed E-state index contributed by atoms with van der Waals surface area (Å²) in [5, 5.41) is 9.17. The lowest BCUT2D eigenvalue weighted by molar-refractivity contribution is -0.114. The Bertz CT molecular complexity index is 780. The van der Waals surface area contributed by atoms with Crippen molar-refractivity contribution in [1.29, 1.82) is 5.26 Å². The van der Waals surface area contributed by atoms with Crippen molar-refractivity contribution in [2.45, 2.75) is 0 Å². The van der Waals surface area contributed by atoms with E-state index >= 15 is 0 Å². The van der Waals surface area contributed by atoms with Gasteiger partial charge < -0.3 is 10.6 Å². The van der Waals surface area contributed by atoms with E-state index < -0.39 is 17.7 Å². The molecule has 0 atom stereocenters. The molecule has 1 heterocycles. The van der Waals surface area contributed by atoms with Gasteiger partial charge in [0.15, 0.2) is 0 Å². The molecule has 24 heavy (non-hydrogen) atoms. The molecule has 0 bridgehead atoms. The van der Waals surface area contributed by atoms with Crippen LogP contribution < -0.4 is 5.73 Å². The maximum atomic E-state index is 12.4. The molecule has 0 saturated carbocycles. The highest BCUT2D eigenvalue weighted by Gasteiger charge is 2.35. The molecule has 122 valence electrons. The van der Waals surface area contributed by atoms with Crippen LogP contribution in [-0.2, 0) is 4.79 Å². The number of fused-ring (bicyclic) bond motifs is 1. The van der Waals surface area contributed by atoms with Gasteiger partial charge in [-0.3, -0.25) is 19.3 Å². The third-order valence-corrected chi connectivity index (χ3v) is 3.46. The van der Waals surface area contributed by atoms with Crippen LogP contribution in [0.25, 0.3) is 0 Å². The fraction of sp³-hybridized carbons (Fsp3) is 0.176. The minimum absolute atomic E-state index is 0.202. The van der Waals surface area contributed by atoms with Crippen LogP contribution in [0.3, 0.4) is 0 Å². The first-order valence-electron chi connectivity index (χ1n) is 7.09. The standard InChI is InChI=1S/C17H16N4O3/c1-20(2)8-7-11(14(9-18)15(19)22)10-21-16(23)12-5-3-4-6-13(12)17(21)24/h3-8H,10H2,1-2H3,(H2,19,22)/b8-7?,14-11+. The lowest BCUT2D eigenvalue weighted by Crippen LogP contribution is -2.32. The second-order valence-electron chi connectivity index (χ2n) is 5.40. The first-order valence-corrected chi connectivity index (χ1v) is 7.09. The van der Waals surface area contributed by atoms with Gasteiger partial charge in [0.05, 0.1) is 17.7 Å². The zero-order valence-corrected chi connectivity index (χ0v) is 13.3. The quantitative estimate of drug-likeness (QED) is 0.370. The third kappa shape index (κ3) is 3.17. The zero-order chi connectivity index (χ0) is 17.9. The molecule has 2 N–H and O–H groups in total. The van der Waals surface area contributed by atoms with Crippen LogP contribution in [0.5, 0.6) is 0 Å². The first kappa shape index (κ1) is 17.0. The number of amides is 3. The number of hydrogen-bond acceptors (Lipinski definition) is 5. The second kappa shape index (κ2) is 6.79. The topological polar surface area (TPSA) is 108 Å². The third-order valence-electron chi connectivity index (χ3n) is 3.46. The summed E-state index contributed by atoms with van der Waals surface area (Å²) in [5.74, 6) is -1.84. The van der Waals surface area contributed by atoms with Crippen molar-refractivity contribution in [3.8, 4) is 6.07 Å².